The van der Waals surface area contributed by atoms with Gasteiger partial charge >= 0.3 is 0 Å². The summed E-state index contributed by atoms with van der Waals surface area (Å²) in [6.07, 6.45) is 2.85. The second kappa shape index (κ2) is 5.91. The highest BCUT2D eigenvalue weighted by molar-refractivity contribution is 6.07. The Hall–Kier alpha value is -2.17. The molecule has 22 heavy (non-hydrogen) atoms. The molecule has 1 fully saturated rings. The van der Waals surface area contributed by atoms with Gasteiger partial charge in [-0.05, 0) is 43.0 Å². The fourth-order valence-electron chi connectivity index (χ4n) is 2.74. The molecule has 1 aliphatic heterocycles. The zero-order valence-corrected chi connectivity index (χ0v) is 13.1. The molecule has 0 radical (unpaired) electrons. The van der Waals surface area contributed by atoms with E-state index >= 15 is 0 Å². The third-order valence-electron chi connectivity index (χ3n) is 4.08. The Kier molecular flexibility index (Phi) is 3.96. The van der Waals surface area contributed by atoms with Crippen molar-refractivity contribution in [3.05, 3.63) is 29.3 Å². The van der Waals surface area contributed by atoms with Crippen LogP contribution in [-0.4, -0.2) is 30.0 Å². The second-order valence-electron chi connectivity index (χ2n) is 6.25. The summed E-state index contributed by atoms with van der Waals surface area (Å²) in [4.78, 5) is 20.3. The molecule has 5 nitrogen and oxygen atoms in total. The van der Waals surface area contributed by atoms with Crippen LogP contribution < -0.4 is 11.1 Å². The highest BCUT2D eigenvalue weighted by atomic mass is 16.1. The molecule has 2 aliphatic rings. The number of nitrogens with one attached hydrogen (secondary N) is 1. The lowest BCUT2D eigenvalue weighted by Crippen LogP contribution is -2.25. The van der Waals surface area contributed by atoms with Gasteiger partial charge in [0.25, 0.3) is 0 Å². The van der Waals surface area contributed by atoms with E-state index in [1.165, 1.54) is 0 Å². The van der Waals surface area contributed by atoms with Crippen LogP contribution in [0.5, 0.6) is 0 Å². The van der Waals surface area contributed by atoms with Gasteiger partial charge in [0.15, 0.2) is 11.7 Å². The van der Waals surface area contributed by atoms with E-state index in [1.54, 1.807) is 0 Å². The van der Waals surface area contributed by atoms with Crippen LogP contribution >= 0.6 is 0 Å². The number of nitrogens with two attached hydrogens (primary N) is 1. The van der Waals surface area contributed by atoms with Crippen molar-refractivity contribution < 1.29 is 4.79 Å². The molecule has 0 spiro atoms. The van der Waals surface area contributed by atoms with Crippen LogP contribution in [0, 0.1) is 12.8 Å². The largest absolute Gasteiger partial charge is 0.370 e. The number of hydrogen-bond donors (Lipinski definition) is 2. The number of carbonyl (C=O) groups excluding carboxylic acids is 1. The van der Waals surface area contributed by atoms with E-state index in [0.717, 1.165) is 35.4 Å². The molecule has 116 valence electrons. The van der Waals surface area contributed by atoms with Gasteiger partial charge in [-0.25, -0.2) is 4.99 Å². The monoisotopic (exact) mass is 298 g/mol. The van der Waals surface area contributed by atoms with Crippen LogP contribution in [0.1, 0.15) is 37.3 Å². The fraction of sp³-hybridized carbons (Fsp3) is 0.471. The number of anilines is 1. The summed E-state index contributed by atoms with van der Waals surface area (Å²) in [6.45, 7) is 4.40. The first kappa shape index (κ1) is 14.8. The lowest BCUT2D eigenvalue weighted by atomic mass is 9.90. The maximum absolute atomic E-state index is 11.4. The number of aryl methyl sites for hydroxylation is 1. The molecule has 5 heteroatoms. The number of carbonyl (C=O) groups is 1. The Morgan fingerprint density at radius 1 is 1.41 bits per heavy atom. The van der Waals surface area contributed by atoms with Crippen LogP contribution in [0.25, 0.3) is 0 Å². The first-order valence-electron chi connectivity index (χ1n) is 7.80. The molecule has 1 saturated carbocycles. The summed E-state index contributed by atoms with van der Waals surface area (Å²) in [6, 6.07) is 6.54. The quantitative estimate of drug-likeness (QED) is 0.663. The smallest absolute Gasteiger partial charge is 0.193 e. The highest BCUT2D eigenvalue weighted by Gasteiger charge is 2.22. The topological polar surface area (TPSA) is 79.8 Å². The van der Waals surface area contributed by atoms with E-state index < -0.39 is 0 Å². The lowest BCUT2D eigenvalue weighted by Gasteiger charge is -2.20. The van der Waals surface area contributed by atoms with Crippen molar-refractivity contribution in [1.82, 2.24) is 0 Å². The van der Waals surface area contributed by atoms with E-state index in [1.807, 2.05) is 19.1 Å². The Bertz CT molecular complexity index is 659. The summed E-state index contributed by atoms with van der Waals surface area (Å²) in [5.74, 6) is 0.878. The Morgan fingerprint density at radius 3 is 2.82 bits per heavy atom. The average Bonchev–Trinajstić information content (AvgIpc) is 3.25. The van der Waals surface area contributed by atoms with Crippen LogP contribution in [0.3, 0.4) is 0 Å². The third-order valence-corrected chi connectivity index (χ3v) is 4.08. The molecule has 0 amide bonds. The number of aliphatic imine (C=N–C) groups is 2. The molecule has 0 bridgehead atoms. The van der Waals surface area contributed by atoms with Gasteiger partial charge in [-0.1, -0.05) is 13.0 Å². The highest BCUT2D eigenvalue weighted by Crippen LogP contribution is 2.25. The minimum atomic E-state index is 0.181. The number of hydrogen-bond acceptors (Lipinski definition) is 3. The van der Waals surface area contributed by atoms with E-state index in [0.29, 0.717) is 25.0 Å². The van der Waals surface area contributed by atoms with Crippen molar-refractivity contribution in [2.75, 3.05) is 11.9 Å². The van der Waals surface area contributed by atoms with Crippen LogP contribution in [0.15, 0.2) is 28.2 Å². The van der Waals surface area contributed by atoms with Gasteiger partial charge in [0, 0.05) is 23.7 Å². The number of Topliss-reactive ketones (excluding diaryl/α,β-unsaturated/α-hetero) is 1. The summed E-state index contributed by atoms with van der Waals surface area (Å²) in [5.41, 5.74) is 10.1. The van der Waals surface area contributed by atoms with E-state index in [-0.39, 0.29) is 11.7 Å². The van der Waals surface area contributed by atoms with E-state index in [4.69, 9.17) is 5.73 Å². The average molecular weight is 298 g/mol. The van der Waals surface area contributed by atoms with Crippen LogP contribution in [0.4, 0.5) is 5.69 Å². The van der Waals surface area contributed by atoms with E-state index in [2.05, 4.69) is 28.3 Å². The summed E-state index contributed by atoms with van der Waals surface area (Å²) >= 11 is 0. The minimum absolute atomic E-state index is 0.181. The number of ketones is 1. The van der Waals surface area contributed by atoms with E-state index in [9.17, 15) is 4.79 Å². The standard InChI is InChI=1S/C17H22N4O/c1-10-7-12(16-11(2)8-14(22)9-19-16)3-6-15(10)21-17(18)20-13-4-5-13/h3,6-7,11,13H,4-5,8-9H2,1-2H3,(H3,18,20,21). The van der Waals surface area contributed by atoms with Crippen molar-refractivity contribution in [2.24, 2.45) is 21.6 Å². The van der Waals surface area contributed by atoms with Crippen molar-refractivity contribution in [3.63, 3.8) is 0 Å². The zero-order valence-electron chi connectivity index (χ0n) is 13.1. The maximum atomic E-state index is 11.4. The Balaban J connectivity index is 1.78. The summed E-state index contributed by atoms with van der Waals surface area (Å²) in [5, 5.41) is 3.16. The molecule has 1 atom stereocenters. The van der Waals surface area contributed by atoms with Crippen LogP contribution in [0.2, 0.25) is 0 Å². The van der Waals surface area contributed by atoms with Crippen molar-refractivity contribution >= 4 is 23.1 Å². The molecular weight excluding hydrogens is 276 g/mol. The molecular formula is C17H22N4O. The fourth-order valence-corrected chi connectivity index (χ4v) is 2.74. The molecule has 1 heterocycles. The number of rotatable bonds is 3. The van der Waals surface area contributed by atoms with Gasteiger partial charge < -0.3 is 11.1 Å². The summed E-state index contributed by atoms with van der Waals surface area (Å²) < 4.78 is 0. The number of benzene rings is 1. The van der Waals surface area contributed by atoms with Gasteiger partial charge in [-0.2, -0.15) is 0 Å². The summed E-state index contributed by atoms with van der Waals surface area (Å²) in [7, 11) is 0. The maximum Gasteiger partial charge on any atom is 0.193 e. The molecule has 1 aromatic rings. The van der Waals surface area contributed by atoms with Crippen molar-refractivity contribution in [1.29, 1.82) is 0 Å². The SMILES string of the molecule is Cc1cc(C2=NCC(=O)CC2C)ccc1NC(N)=NC1CC1. The minimum Gasteiger partial charge on any atom is -0.370 e. The van der Waals surface area contributed by atoms with Gasteiger partial charge in [0.2, 0.25) is 0 Å². The Morgan fingerprint density at radius 2 is 2.18 bits per heavy atom. The second-order valence-corrected chi connectivity index (χ2v) is 6.25. The van der Waals surface area contributed by atoms with Crippen LogP contribution in [-0.2, 0) is 4.79 Å². The molecule has 1 aliphatic carbocycles. The molecule has 1 unspecified atom stereocenters. The normalized spacial score (nSPS) is 22.5. The third kappa shape index (κ3) is 3.35. The van der Waals surface area contributed by atoms with Gasteiger partial charge in [-0.3, -0.25) is 9.79 Å². The molecule has 1 aromatic carbocycles. The van der Waals surface area contributed by atoms with Gasteiger partial charge in [-0.15, -0.1) is 0 Å². The number of nitrogens with zero attached hydrogens (tertiary/aromatic N) is 2. The van der Waals surface area contributed by atoms with Crippen molar-refractivity contribution in [2.45, 2.75) is 39.2 Å². The van der Waals surface area contributed by atoms with Crippen molar-refractivity contribution in [3.8, 4) is 0 Å². The van der Waals surface area contributed by atoms with Gasteiger partial charge in [0.1, 0.15) is 0 Å². The molecule has 3 N–H and O–H groups in total. The Labute approximate surface area is 130 Å². The molecule has 0 saturated heterocycles. The molecule has 3 rings (SSSR count). The predicted molar refractivity (Wildman–Crippen MR) is 89.6 cm³/mol. The predicted octanol–water partition coefficient (Wildman–Crippen LogP) is 2.28. The first-order chi connectivity index (χ1) is 10.5. The molecule has 0 aromatic heterocycles. The first-order valence-corrected chi connectivity index (χ1v) is 7.80. The zero-order chi connectivity index (χ0) is 15.7. The van der Waals surface area contributed by atoms with Gasteiger partial charge in [0.05, 0.1) is 12.6 Å². The number of guanidine groups is 1. The lowest BCUT2D eigenvalue weighted by molar-refractivity contribution is -0.118.